The molecule has 1 heterocycles. The van der Waals surface area contributed by atoms with Crippen LogP contribution in [0.5, 0.6) is 5.75 Å². The molecule has 0 fully saturated rings. The third-order valence-corrected chi connectivity index (χ3v) is 4.15. The number of nitro benzene ring substituents is 1. The molecular weight excluding hydrogens is 356 g/mol. The Labute approximate surface area is 157 Å². The van der Waals surface area contributed by atoms with Crippen LogP contribution < -0.4 is 9.64 Å². The molecule has 9 nitrogen and oxygen atoms in total. The minimum atomic E-state index is -1.05. The van der Waals surface area contributed by atoms with Crippen LogP contribution in [0.3, 0.4) is 0 Å². The number of nitro groups is 1. The summed E-state index contributed by atoms with van der Waals surface area (Å²) in [5, 5.41) is 20.7. The van der Waals surface area contributed by atoms with Crippen molar-refractivity contribution in [2.45, 2.75) is 39.2 Å². The fourth-order valence-corrected chi connectivity index (χ4v) is 3.01. The highest BCUT2D eigenvalue weighted by Gasteiger charge is 2.38. The van der Waals surface area contributed by atoms with Crippen molar-refractivity contribution >= 4 is 23.3 Å². The van der Waals surface area contributed by atoms with E-state index in [0.29, 0.717) is 11.3 Å². The molecule has 27 heavy (non-hydrogen) atoms. The number of benzene rings is 1. The summed E-state index contributed by atoms with van der Waals surface area (Å²) >= 11 is 0. The summed E-state index contributed by atoms with van der Waals surface area (Å²) in [5.41, 5.74) is -0.0401. The molecule has 0 saturated carbocycles. The molecule has 148 valence electrons. The zero-order valence-corrected chi connectivity index (χ0v) is 15.9. The number of amides is 1. The minimum Gasteiger partial charge on any atom is -0.490 e. The molecule has 1 N–H and O–H groups in total. The van der Waals surface area contributed by atoms with Crippen molar-refractivity contribution in [2.75, 3.05) is 25.2 Å². The molecule has 0 unspecified atom stereocenters. The Balaban J connectivity index is 2.49. The maximum atomic E-state index is 13.0. The number of fused-ring (bicyclic) bond motifs is 1. The highest BCUT2D eigenvalue weighted by Crippen LogP contribution is 2.38. The summed E-state index contributed by atoms with van der Waals surface area (Å²) in [6.07, 6.45) is 0.434. The number of β-amino-alcohol motifs (C(OH)–C–C–N with tert-alkyl or cyclic N) is 1. The molecular formula is C18H24N2O7. The van der Waals surface area contributed by atoms with Crippen molar-refractivity contribution in [1.29, 1.82) is 0 Å². The van der Waals surface area contributed by atoms with Crippen LogP contribution in [0.1, 0.15) is 32.8 Å². The number of ether oxygens (including phenoxy) is 2. The summed E-state index contributed by atoms with van der Waals surface area (Å²) in [6.45, 7) is 4.75. The number of anilines is 1. The zero-order chi connectivity index (χ0) is 20.4. The van der Waals surface area contributed by atoms with E-state index in [1.165, 1.54) is 24.1 Å². The van der Waals surface area contributed by atoms with Gasteiger partial charge in [0, 0.05) is 18.7 Å². The van der Waals surface area contributed by atoms with E-state index in [9.17, 15) is 24.8 Å². The molecule has 0 aliphatic carbocycles. The van der Waals surface area contributed by atoms with Gasteiger partial charge in [-0.15, -0.1) is 0 Å². The predicted octanol–water partition coefficient (Wildman–Crippen LogP) is 1.83. The van der Waals surface area contributed by atoms with Crippen LogP contribution in [0.2, 0.25) is 0 Å². The smallest absolute Gasteiger partial charge is 0.319 e. The number of aliphatic hydroxyl groups excluding tert-OH is 1. The van der Waals surface area contributed by atoms with E-state index in [1.54, 1.807) is 20.8 Å². The molecule has 0 bridgehead atoms. The van der Waals surface area contributed by atoms with Gasteiger partial charge in [-0.3, -0.25) is 19.7 Å². The Bertz CT molecular complexity index is 755. The maximum Gasteiger partial charge on any atom is 0.319 e. The lowest BCUT2D eigenvalue weighted by Crippen LogP contribution is -2.42. The summed E-state index contributed by atoms with van der Waals surface area (Å²) in [6, 6.07) is 2.75. The number of hydrogen-bond acceptors (Lipinski definition) is 7. The van der Waals surface area contributed by atoms with Gasteiger partial charge in [0.25, 0.3) is 0 Å². The molecule has 9 heteroatoms. The Kier molecular flexibility index (Phi) is 6.04. The maximum absolute atomic E-state index is 13.0. The standard InChI is InChI=1S/C18H24N2O7/c1-18(2,3)27-17(23)12-6-5-11-9-14(20(24)25)15(26-4)10-13(11)19(7-8-21)16(12)22/h9-10,12,21H,5-8H2,1-4H3/t12-/m1/s1. The monoisotopic (exact) mass is 380 g/mol. The molecule has 1 aliphatic heterocycles. The van der Waals surface area contributed by atoms with Crippen molar-refractivity contribution in [1.82, 2.24) is 0 Å². The Morgan fingerprint density at radius 3 is 2.59 bits per heavy atom. The third-order valence-electron chi connectivity index (χ3n) is 4.15. The van der Waals surface area contributed by atoms with E-state index in [-0.39, 0.29) is 37.4 Å². The quantitative estimate of drug-likeness (QED) is 0.358. The van der Waals surface area contributed by atoms with Gasteiger partial charge in [-0.1, -0.05) is 0 Å². The number of aryl methyl sites for hydroxylation is 1. The van der Waals surface area contributed by atoms with Gasteiger partial charge in [-0.2, -0.15) is 0 Å². The summed E-state index contributed by atoms with van der Waals surface area (Å²) < 4.78 is 10.4. The van der Waals surface area contributed by atoms with Gasteiger partial charge >= 0.3 is 11.7 Å². The van der Waals surface area contributed by atoms with E-state index in [2.05, 4.69) is 0 Å². The van der Waals surface area contributed by atoms with Gasteiger partial charge in [0.2, 0.25) is 5.91 Å². The number of rotatable bonds is 5. The van der Waals surface area contributed by atoms with Gasteiger partial charge in [0.05, 0.1) is 24.3 Å². The zero-order valence-electron chi connectivity index (χ0n) is 15.9. The van der Waals surface area contributed by atoms with Crippen LogP contribution in [0.4, 0.5) is 11.4 Å². The van der Waals surface area contributed by atoms with E-state index in [4.69, 9.17) is 9.47 Å². The van der Waals surface area contributed by atoms with Crippen LogP contribution in [-0.2, 0) is 20.7 Å². The number of carbonyl (C=O) groups excluding carboxylic acids is 2. The number of methoxy groups -OCH3 is 1. The van der Waals surface area contributed by atoms with E-state index >= 15 is 0 Å². The molecule has 1 amide bonds. The number of carbonyl (C=O) groups is 2. The average Bonchev–Trinajstić information content (AvgIpc) is 2.69. The molecule has 1 aromatic carbocycles. The fourth-order valence-electron chi connectivity index (χ4n) is 3.01. The topological polar surface area (TPSA) is 119 Å². The molecule has 1 atom stereocenters. The van der Waals surface area contributed by atoms with Gasteiger partial charge in [0.15, 0.2) is 5.75 Å². The van der Waals surface area contributed by atoms with Crippen LogP contribution in [0.15, 0.2) is 12.1 Å². The highest BCUT2D eigenvalue weighted by molar-refractivity contribution is 6.07. The van der Waals surface area contributed by atoms with Crippen molar-refractivity contribution in [3.8, 4) is 5.75 Å². The van der Waals surface area contributed by atoms with Gasteiger partial charge in [-0.05, 0) is 39.2 Å². The minimum absolute atomic E-state index is 0.00482. The van der Waals surface area contributed by atoms with Gasteiger partial charge < -0.3 is 19.5 Å². The molecule has 2 rings (SSSR count). The summed E-state index contributed by atoms with van der Waals surface area (Å²) in [4.78, 5) is 37.5. The first kappa shape index (κ1) is 20.6. The van der Waals surface area contributed by atoms with E-state index in [0.717, 1.165) is 0 Å². The molecule has 1 aromatic rings. The van der Waals surface area contributed by atoms with Crippen molar-refractivity contribution in [3.05, 3.63) is 27.8 Å². The molecule has 0 radical (unpaired) electrons. The van der Waals surface area contributed by atoms with Gasteiger partial charge in [0.1, 0.15) is 11.5 Å². The second-order valence-electron chi connectivity index (χ2n) is 7.25. The SMILES string of the molecule is COc1cc2c(cc1[N+](=O)[O-])CC[C@@H](C(=O)OC(C)(C)C)C(=O)N2CCO. The fraction of sp³-hybridized carbons (Fsp3) is 0.556. The van der Waals surface area contributed by atoms with Crippen LogP contribution in [0, 0.1) is 16.0 Å². The van der Waals surface area contributed by atoms with Crippen molar-refractivity contribution in [2.24, 2.45) is 5.92 Å². The molecule has 1 aliphatic rings. The normalized spacial score (nSPS) is 17.1. The lowest BCUT2D eigenvalue weighted by Gasteiger charge is -2.27. The van der Waals surface area contributed by atoms with Crippen molar-refractivity contribution < 1.29 is 29.1 Å². The number of hydrogen-bond donors (Lipinski definition) is 1. The number of esters is 1. The van der Waals surface area contributed by atoms with Gasteiger partial charge in [-0.25, -0.2) is 0 Å². The van der Waals surface area contributed by atoms with E-state index < -0.39 is 28.3 Å². The Morgan fingerprint density at radius 1 is 1.41 bits per heavy atom. The number of nitrogens with zero attached hydrogens (tertiary/aromatic N) is 2. The first-order valence-corrected chi connectivity index (χ1v) is 8.59. The van der Waals surface area contributed by atoms with Crippen LogP contribution >= 0.6 is 0 Å². The highest BCUT2D eigenvalue weighted by atomic mass is 16.6. The first-order chi connectivity index (χ1) is 12.6. The Morgan fingerprint density at radius 2 is 2.07 bits per heavy atom. The predicted molar refractivity (Wildman–Crippen MR) is 96.7 cm³/mol. The molecule has 0 spiro atoms. The number of aliphatic hydroxyl groups is 1. The lowest BCUT2D eigenvalue weighted by molar-refractivity contribution is -0.385. The molecule has 0 saturated heterocycles. The Hall–Kier alpha value is -2.68. The second kappa shape index (κ2) is 7.91. The lowest BCUT2D eigenvalue weighted by atomic mass is 9.99. The van der Waals surface area contributed by atoms with Crippen LogP contribution in [-0.4, -0.2) is 47.8 Å². The second-order valence-corrected chi connectivity index (χ2v) is 7.25. The van der Waals surface area contributed by atoms with Crippen molar-refractivity contribution in [3.63, 3.8) is 0 Å². The molecule has 0 aromatic heterocycles. The largest absolute Gasteiger partial charge is 0.490 e. The summed E-state index contributed by atoms with van der Waals surface area (Å²) in [7, 11) is 1.30. The average molecular weight is 380 g/mol. The van der Waals surface area contributed by atoms with E-state index in [1.807, 2.05) is 0 Å². The summed E-state index contributed by atoms with van der Waals surface area (Å²) in [5.74, 6) is -2.20. The first-order valence-electron chi connectivity index (χ1n) is 8.59. The van der Waals surface area contributed by atoms with Crippen LogP contribution in [0.25, 0.3) is 0 Å². The third kappa shape index (κ3) is 4.54.